The van der Waals surface area contributed by atoms with Gasteiger partial charge in [-0.15, -0.1) is 0 Å². The summed E-state index contributed by atoms with van der Waals surface area (Å²) in [4.78, 5) is 27.6. The van der Waals surface area contributed by atoms with E-state index >= 15 is 0 Å². The molecule has 0 fully saturated rings. The largest absolute Gasteiger partial charge is 0.465 e. The molecule has 0 saturated carbocycles. The molecular weight excluding hydrogens is 278 g/mol. The minimum Gasteiger partial charge on any atom is -0.465 e. The van der Waals surface area contributed by atoms with Crippen molar-refractivity contribution in [1.29, 1.82) is 0 Å². The number of thiocarbonyl (C=S) groups is 1. The van der Waals surface area contributed by atoms with Crippen molar-refractivity contribution in [1.82, 2.24) is 14.1 Å². The summed E-state index contributed by atoms with van der Waals surface area (Å²) in [5.74, 6) is -0.359. The van der Waals surface area contributed by atoms with Crippen LogP contribution in [-0.4, -0.2) is 52.9 Å². The van der Waals surface area contributed by atoms with Crippen LogP contribution in [0.4, 0.5) is 4.79 Å². The molecule has 0 unspecified atom stereocenters. The topological polar surface area (TPSA) is 71.1 Å². The van der Waals surface area contributed by atoms with Gasteiger partial charge in [-0.05, 0) is 20.9 Å². The van der Waals surface area contributed by atoms with Gasteiger partial charge in [0.25, 0.3) is 0 Å². The Morgan fingerprint density at radius 3 is 2.50 bits per heavy atom. The summed E-state index contributed by atoms with van der Waals surface area (Å²) in [5, 5.41) is 0. The minimum absolute atomic E-state index is 0.0652. The monoisotopic (exact) mass is 295 g/mol. The molecular formula is C9H17N3O4S2. The highest BCUT2D eigenvalue weighted by atomic mass is 32.2. The first-order chi connectivity index (χ1) is 8.36. The van der Waals surface area contributed by atoms with Crippen LogP contribution in [0.3, 0.4) is 0 Å². The fraction of sp³-hybridized carbons (Fsp3) is 0.667. The predicted molar refractivity (Wildman–Crippen MR) is 72.5 cm³/mol. The van der Waals surface area contributed by atoms with Crippen LogP contribution < -0.4 is 5.48 Å². The van der Waals surface area contributed by atoms with Crippen LogP contribution >= 0.6 is 24.4 Å². The molecule has 0 aromatic carbocycles. The molecule has 18 heavy (non-hydrogen) atoms. The van der Waals surface area contributed by atoms with Crippen LogP contribution in [0.25, 0.3) is 0 Å². The smallest absolute Gasteiger partial charge is 0.444 e. The summed E-state index contributed by atoms with van der Waals surface area (Å²) >= 11 is 5.71. The predicted octanol–water partition coefficient (Wildman–Crippen LogP) is 0.965. The number of nitrogens with zero attached hydrogens (tertiary/aromatic N) is 2. The van der Waals surface area contributed by atoms with Gasteiger partial charge >= 0.3 is 12.1 Å². The molecule has 0 bridgehead atoms. The number of amides is 1. The van der Waals surface area contributed by atoms with Crippen LogP contribution in [0, 0.1) is 0 Å². The first-order valence-corrected chi connectivity index (χ1v) is 6.26. The molecule has 0 aliphatic carbocycles. The van der Waals surface area contributed by atoms with Crippen LogP contribution in [0.1, 0.15) is 13.8 Å². The zero-order chi connectivity index (χ0) is 14.1. The Hall–Kier alpha value is -1.06. The molecule has 0 radical (unpaired) electrons. The summed E-state index contributed by atoms with van der Waals surface area (Å²) in [6, 6.07) is 0. The molecule has 0 aliphatic heterocycles. The maximum Gasteiger partial charge on any atom is 0.444 e. The van der Waals surface area contributed by atoms with E-state index in [4.69, 9.17) is 4.74 Å². The van der Waals surface area contributed by atoms with Gasteiger partial charge in [0.2, 0.25) is 0 Å². The molecule has 7 nitrogen and oxygen atoms in total. The molecule has 1 N–H and O–H groups in total. The fourth-order valence-electron chi connectivity index (χ4n) is 0.840. The van der Waals surface area contributed by atoms with E-state index in [9.17, 15) is 9.59 Å². The van der Waals surface area contributed by atoms with Crippen molar-refractivity contribution >= 4 is 41.4 Å². The van der Waals surface area contributed by atoms with Gasteiger partial charge in [-0.3, -0.25) is 4.79 Å². The quantitative estimate of drug-likeness (QED) is 0.348. The number of likely N-dealkylation sites (N-methyl/N-ethyl adjacent to an activating group) is 1. The Morgan fingerprint density at radius 1 is 1.39 bits per heavy atom. The van der Waals surface area contributed by atoms with Gasteiger partial charge in [0.1, 0.15) is 11.5 Å². The van der Waals surface area contributed by atoms with Gasteiger partial charge in [0.15, 0.2) is 0 Å². The number of esters is 1. The normalized spacial score (nSPS) is 9.83. The van der Waals surface area contributed by atoms with Gasteiger partial charge in [-0.1, -0.05) is 12.2 Å². The molecule has 0 heterocycles. The van der Waals surface area contributed by atoms with Gasteiger partial charge in [0, 0.05) is 19.2 Å². The summed E-state index contributed by atoms with van der Waals surface area (Å²) in [7, 11) is 3.16. The van der Waals surface area contributed by atoms with E-state index in [0.29, 0.717) is 11.6 Å². The van der Waals surface area contributed by atoms with Crippen molar-refractivity contribution in [3.05, 3.63) is 0 Å². The molecule has 0 rings (SSSR count). The number of hydroxylamine groups is 1. The number of rotatable bonds is 5. The number of hydrogen-bond acceptors (Lipinski definition) is 7. The molecule has 0 aliphatic rings. The number of carbonyl (C=O) groups is 2. The lowest BCUT2D eigenvalue weighted by atomic mass is 10.6. The number of ether oxygens (including phenoxy) is 1. The third-order valence-electron chi connectivity index (χ3n) is 1.46. The maximum atomic E-state index is 11.4. The Morgan fingerprint density at radius 2 is 2.00 bits per heavy atom. The van der Waals surface area contributed by atoms with Crippen molar-refractivity contribution in [2.75, 3.05) is 27.2 Å². The molecule has 104 valence electrons. The average Bonchev–Trinajstić information content (AvgIpc) is 2.25. The highest BCUT2D eigenvalue weighted by Crippen LogP contribution is 2.12. The maximum absolute atomic E-state index is 11.4. The second-order valence-corrected chi connectivity index (χ2v) is 5.14. The lowest BCUT2D eigenvalue weighted by Gasteiger charge is -2.20. The van der Waals surface area contributed by atoms with Crippen LogP contribution in [0.5, 0.6) is 0 Å². The van der Waals surface area contributed by atoms with E-state index in [-0.39, 0.29) is 12.5 Å². The molecule has 0 aromatic rings. The second-order valence-electron chi connectivity index (χ2n) is 3.20. The van der Waals surface area contributed by atoms with Crippen LogP contribution in [-0.2, 0) is 14.4 Å². The molecule has 1 amide bonds. The van der Waals surface area contributed by atoms with E-state index in [1.165, 1.54) is 11.4 Å². The van der Waals surface area contributed by atoms with Gasteiger partial charge in [0.05, 0.1) is 6.61 Å². The van der Waals surface area contributed by atoms with Crippen LogP contribution in [0.15, 0.2) is 0 Å². The zero-order valence-electron chi connectivity index (χ0n) is 10.8. The summed E-state index contributed by atoms with van der Waals surface area (Å²) in [5.41, 5.74) is 2.28. The summed E-state index contributed by atoms with van der Waals surface area (Å²) < 4.78 is 7.53. The number of carbonyl (C=O) groups excluding carboxylic acids is 2. The SMILES string of the molecule is CCOC(=O)CN(C)SN(C)C(=O)ONC(C)=S. The Kier molecular flexibility index (Phi) is 8.42. The molecule has 9 heteroatoms. The van der Waals surface area contributed by atoms with Crippen molar-refractivity contribution in [3.63, 3.8) is 0 Å². The number of nitrogens with one attached hydrogen (secondary N) is 1. The van der Waals surface area contributed by atoms with E-state index in [1.807, 2.05) is 0 Å². The van der Waals surface area contributed by atoms with E-state index < -0.39 is 6.09 Å². The standard InChI is InChI=1S/C9H17N3O4S2/c1-5-15-8(13)6-11(3)18-12(4)9(14)16-10-7(2)17/h5-6H2,1-4H3,(H,10,17). The van der Waals surface area contributed by atoms with Crippen molar-refractivity contribution in [2.24, 2.45) is 0 Å². The number of hydrogen-bond donors (Lipinski definition) is 1. The summed E-state index contributed by atoms with van der Waals surface area (Å²) in [6.45, 7) is 3.71. The zero-order valence-corrected chi connectivity index (χ0v) is 12.4. The molecule has 0 aromatic heterocycles. The molecule has 0 atom stereocenters. The summed E-state index contributed by atoms with van der Waals surface area (Å²) in [6.07, 6.45) is -0.625. The lowest BCUT2D eigenvalue weighted by molar-refractivity contribution is -0.142. The van der Waals surface area contributed by atoms with Gasteiger partial charge in [-0.25, -0.2) is 18.9 Å². The van der Waals surface area contributed by atoms with Gasteiger partial charge < -0.3 is 9.57 Å². The Balaban J connectivity index is 3.98. The first kappa shape index (κ1) is 16.9. The Bertz CT molecular complexity index is 314. The second kappa shape index (κ2) is 8.95. The van der Waals surface area contributed by atoms with Crippen LogP contribution in [0.2, 0.25) is 0 Å². The minimum atomic E-state index is -0.625. The molecule has 0 spiro atoms. The van der Waals surface area contributed by atoms with Crippen molar-refractivity contribution in [3.8, 4) is 0 Å². The van der Waals surface area contributed by atoms with Gasteiger partial charge in [-0.2, -0.15) is 0 Å². The highest BCUT2D eigenvalue weighted by Gasteiger charge is 2.16. The van der Waals surface area contributed by atoms with Crippen molar-refractivity contribution in [2.45, 2.75) is 13.8 Å². The Labute approximate surface area is 116 Å². The third kappa shape index (κ3) is 8.09. The third-order valence-corrected chi connectivity index (χ3v) is 2.34. The van der Waals surface area contributed by atoms with E-state index in [1.54, 1.807) is 25.2 Å². The molecule has 0 saturated heterocycles. The highest BCUT2D eigenvalue weighted by molar-refractivity contribution is 7.95. The van der Waals surface area contributed by atoms with E-state index in [2.05, 4.69) is 22.5 Å². The fourth-order valence-corrected chi connectivity index (χ4v) is 1.57. The average molecular weight is 295 g/mol. The first-order valence-electron chi connectivity index (χ1n) is 5.12. The van der Waals surface area contributed by atoms with Crippen molar-refractivity contribution < 1.29 is 19.2 Å². The lowest BCUT2D eigenvalue weighted by Crippen LogP contribution is -2.33. The van der Waals surface area contributed by atoms with E-state index in [0.717, 1.165) is 12.1 Å².